The van der Waals surface area contributed by atoms with Gasteiger partial charge in [-0.1, -0.05) is 83.3 Å². The zero-order valence-corrected chi connectivity index (χ0v) is 24.6. The van der Waals surface area contributed by atoms with Crippen LogP contribution in [-0.2, 0) is 16.0 Å². The van der Waals surface area contributed by atoms with Crippen LogP contribution in [0.2, 0.25) is 0 Å². The van der Waals surface area contributed by atoms with Crippen molar-refractivity contribution in [3.05, 3.63) is 104 Å². The summed E-state index contributed by atoms with van der Waals surface area (Å²) in [4.78, 5) is 22.3. The van der Waals surface area contributed by atoms with E-state index in [1.54, 1.807) is 24.3 Å². The summed E-state index contributed by atoms with van der Waals surface area (Å²) in [6.07, 6.45) is 2.80. The number of azide groups is 1. The molecule has 3 aromatic rings. The molecular weight excluding hydrogens is 586 g/mol. The van der Waals surface area contributed by atoms with E-state index in [0.29, 0.717) is 48.0 Å². The van der Waals surface area contributed by atoms with Gasteiger partial charge in [-0.25, -0.2) is 4.99 Å². The smallest absolute Gasteiger partial charge is 0.252 e. The lowest BCUT2D eigenvalue weighted by atomic mass is 9.81. The number of nitrogens with one attached hydrogen (secondary N) is 1. The average Bonchev–Trinajstić information content (AvgIpc) is 3.37. The Morgan fingerprint density at radius 3 is 2.61 bits per heavy atom. The SMILES string of the molecule is CCCCCNC(=O)[C@]1(Cc2ccccc2Br)N=C(c2ccc(OCCCO)cc2)O[C@@H]1c1ccccc1N=[N+]=[N-]. The van der Waals surface area contributed by atoms with Crippen molar-refractivity contribution in [1.29, 1.82) is 0 Å². The monoisotopic (exact) mass is 619 g/mol. The van der Waals surface area contributed by atoms with Gasteiger partial charge in [0.15, 0.2) is 11.6 Å². The number of aliphatic hydroxyl groups excluding tert-OH is 1. The molecule has 41 heavy (non-hydrogen) atoms. The number of carbonyl (C=O) groups is 1. The molecule has 2 atom stereocenters. The van der Waals surface area contributed by atoms with Gasteiger partial charge in [-0.05, 0) is 47.8 Å². The van der Waals surface area contributed by atoms with E-state index in [9.17, 15) is 10.3 Å². The number of nitrogens with zero attached hydrogens (tertiary/aromatic N) is 4. The molecule has 0 saturated heterocycles. The number of amides is 1. The third-order valence-electron chi connectivity index (χ3n) is 6.89. The minimum atomic E-state index is -1.39. The van der Waals surface area contributed by atoms with Crippen LogP contribution in [-0.4, -0.2) is 42.2 Å². The van der Waals surface area contributed by atoms with Crippen LogP contribution in [0.4, 0.5) is 5.69 Å². The molecule has 1 amide bonds. The third-order valence-corrected chi connectivity index (χ3v) is 7.66. The topological polar surface area (TPSA) is 129 Å². The van der Waals surface area contributed by atoms with Gasteiger partial charge in [-0.15, -0.1) is 0 Å². The summed E-state index contributed by atoms with van der Waals surface area (Å²) < 4.78 is 13.1. The van der Waals surface area contributed by atoms with Crippen molar-refractivity contribution in [2.45, 2.75) is 50.7 Å². The van der Waals surface area contributed by atoms with Crippen LogP contribution >= 0.6 is 15.9 Å². The number of carbonyl (C=O) groups excluding carboxylic acids is 1. The molecule has 0 radical (unpaired) electrons. The van der Waals surface area contributed by atoms with Crippen LogP contribution in [0, 0.1) is 0 Å². The maximum atomic E-state index is 14.2. The first-order valence-corrected chi connectivity index (χ1v) is 14.6. The van der Waals surface area contributed by atoms with E-state index in [-0.39, 0.29) is 18.9 Å². The quantitative estimate of drug-likeness (QED) is 0.0874. The predicted octanol–water partition coefficient (Wildman–Crippen LogP) is 6.96. The fourth-order valence-electron chi connectivity index (χ4n) is 4.77. The highest BCUT2D eigenvalue weighted by Crippen LogP contribution is 2.46. The van der Waals surface area contributed by atoms with Crippen molar-refractivity contribution in [2.75, 3.05) is 19.8 Å². The Morgan fingerprint density at radius 1 is 1.12 bits per heavy atom. The molecule has 214 valence electrons. The van der Waals surface area contributed by atoms with E-state index < -0.39 is 11.6 Å². The number of hydrogen-bond acceptors (Lipinski definition) is 6. The van der Waals surface area contributed by atoms with E-state index >= 15 is 0 Å². The standard InChI is InChI=1S/C31H34BrN5O4/c1-2-3-8-18-34-30(39)31(21-23-10-4-6-12-26(23)32)28(25-11-5-7-13-27(25)36-37-33)41-29(35-31)22-14-16-24(17-15-22)40-20-9-19-38/h4-7,10-17,28,38H,2-3,8-9,18-21H2,1H3,(H,34,39)/t28-,31-/m1/s1. The Labute approximate surface area is 248 Å². The van der Waals surface area contributed by atoms with Gasteiger partial charge in [-0.3, -0.25) is 4.79 Å². The molecule has 9 nitrogen and oxygen atoms in total. The van der Waals surface area contributed by atoms with Gasteiger partial charge < -0.3 is 19.9 Å². The molecule has 1 heterocycles. The molecule has 0 saturated carbocycles. The molecule has 1 aliphatic rings. The fraction of sp³-hybridized carbons (Fsp3) is 0.355. The van der Waals surface area contributed by atoms with Crippen molar-refractivity contribution in [1.82, 2.24) is 5.32 Å². The van der Waals surface area contributed by atoms with E-state index in [0.717, 1.165) is 29.3 Å². The molecule has 10 heteroatoms. The Hall–Kier alpha value is -3.85. The molecule has 0 unspecified atom stereocenters. The van der Waals surface area contributed by atoms with Crippen molar-refractivity contribution < 1.29 is 19.4 Å². The van der Waals surface area contributed by atoms with Crippen molar-refractivity contribution in [2.24, 2.45) is 10.1 Å². The molecule has 0 bridgehead atoms. The minimum absolute atomic E-state index is 0.0571. The van der Waals surface area contributed by atoms with Gasteiger partial charge in [-0.2, -0.15) is 0 Å². The van der Waals surface area contributed by atoms with Crippen molar-refractivity contribution >= 4 is 33.4 Å². The maximum Gasteiger partial charge on any atom is 0.252 e. The zero-order valence-electron chi connectivity index (χ0n) is 23.0. The van der Waals surface area contributed by atoms with Crippen molar-refractivity contribution in [3.8, 4) is 5.75 Å². The lowest BCUT2D eigenvalue weighted by molar-refractivity contribution is -0.128. The maximum absolute atomic E-state index is 14.2. The highest BCUT2D eigenvalue weighted by Gasteiger charge is 2.54. The van der Waals surface area contributed by atoms with Crippen LogP contribution in [0.5, 0.6) is 5.75 Å². The highest BCUT2D eigenvalue weighted by atomic mass is 79.9. The molecule has 3 aromatic carbocycles. The van der Waals surface area contributed by atoms with Gasteiger partial charge >= 0.3 is 0 Å². The molecular formula is C31H34BrN5O4. The lowest BCUT2D eigenvalue weighted by Gasteiger charge is -2.31. The summed E-state index contributed by atoms with van der Waals surface area (Å²) in [5.41, 5.74) is 10.4. The van der Waals surface area contributed by atoms with Gasteiger partial charge in [0, 0.05) is 52.2 Å². The fourth-order valence-corrected chi connectivity index (χ4v) is 5.19. The second kappa shape index (κ2) is 14.7. The van der Waals surface area contributed by atoms with Gasteiger partial charge in [0.1, 0.15) is 5.75 Å². The van der Waals surface area contributed by atoms with Crippen LogP contribution in [0.1, 0.15) is 55.4 Å². The van der Waals surface area contributed by atoms with Crippen LogP contribution in [0.3, 0.4) is 0 Å². The van der Waals surface area contributed by atoms with Crippen molar-refractivity contribution in [3.63, 3.8) is 0 Å². The zero-order chi connectivity index (χ0) is 29.1. The van der Waals surface area contributed by atoms with Crippen LogP contribution in [0.25, 0.3) is 10.4 Å². The van der Waals surface area contributed by atoms with Gasteiger partial charge in [0.2, 0.25) is 5.90 Å². The number of hydrogen-bond donors (Lipinski definition) is 2. The van der Waals surface area contributed by atoms with E-state index in [1.807, 2.05) is 48.5 Å². The number of benzene rings is 3. The first kappa shape index (κ1) is 30.1. The predicted molar refractivity (Wildman–Crippen MR) is 162 cm³/mol. The summed E-state index contributed by atoms with van der Waals surface area (Å²) in [6, 6.07) is 22.1. The first-order chi connectivity index (χ1) is 20.0. The lowest BCUT2D eigenvalue weighted by Crippen LogP contribution is -2.50. The largest absolute Gasteiger partial charge is 0.494 e. The number of ether oxygens (including phenoxy) is 2. The average molecular weight is 621 g/mol. The Morgan fingerprint density at radius 2 is 1.88 bits per heavy atom. The molecule has 1 aliphatic heterocycles. The summed E-state index contributed by atoms with van der Waals surface area (Å²) >= 11 is 3.64. The third kappa shape index (κ3) is 7.27. The van der Waals surface area contributed by atoms with E-state index in [4.69, 9.17) is 19.6 Å². The molecule has 0 aromatic heterocycles. The number of aliphatic hydroxyl groups is 1. The molecule has 4 rings (SSSR count). The number of halogens is 1. The second-order valence-electron chi connectivity index (χ2n) is 9.77. The Bertz CT molecular complexity index is 1410. The van der Waals surface area contributed by atoms with Gasteiger partial charge in [0.05, 0.1) is 6.61 Å². The molecule has 0 spiro atoms. The van der Waals surface area contributed by atoms with E-state index in [1.165, 1.54) is 0 Å². The molecule has 0 aliphatic carbocycles. The second-order valence-corrected chi connectivity index (χ2v) is 10.6. The summed E-state index contributed by atoms with van der Waals surface area (Å²) in [5, 5.41) is 16.0. The van der Waals surface area contributed by atoms with Crippen LogP contribution in [0.15, 0.2) is 87.4 Å². The number of rotatable bonds is 14. The molecule has 2 N–H and O–H groups in total. The van der Waals surface area contributed by atoms with Gasteiger partial charge in [0.25, 0.3) is 5.91 Å². The number of aliphatic imine (C=N–C) groups is 1. The highest BCUT2D eigenvalue weighted by molar-refractivity contribution is 9.10. The number of unbranched alkanes of at least 4 members (excludes halogenated alkanes) is 2. The normalized spacial score (nSPS) is 17.7. The first-order valence-electron chi connectivity index (χ1n) is 13.8. The van der Waals surface area contributed by atoms with E-state index in [2.05, 4.69) is 38.2 Å². The Balaban J connectivity index is 1.81. The minimum Gasteiger partial charge on any atom is -0.494 e. The summed E-state index contributed by atoms with van der Waals surface area (Å²) in [5.74, 6) is 0.701. The summed E-state index contributed by atoms with van der Waals surface area (Å²) in [6.45, 7) is 3.09. The summed E-state index contributed by atoms with van der Waals surface area (Å²) in [7, 11) is 0. The molecule has 0 fully saturated rings. The Kier molecular flexibility index (Phi) is 10.8. The van der Waals surface area contributed by atoms with Crippen LogP contribution < -0.4 is 10.1 Å².